The van der Waals surface area contributed by atoms with Crippen LogP contribution in [0.2, 0.25) is 0 Å². The molecule has 0 spiro atoms. The van der Waals surface area contributed by atoms with E-state index in [1.807, 2.05) is 0 Å². The van der Waals surface area contributed by atoms with E-state index in [-0.39, 0.29) is 35.0 Å². The predicted octanol–water partition coefficient (Wildman–Crippen LogP) is 2.91. The van der Waals surface area contributed by atoms with Crippen LogP contribution in [0.1, 0.15) is 27.3 Å². The molecule has 0 unspecified atom stereocenters. The van der Waals surface area contributed by atoms with Crippen molar-refractivity contribution in [1.82, 2.24) is 14.9 Å². The quantitative estimate of drug-likeness (QED) is 0.489. The van der Waals surface area contributed by atoms with Crippen LogP contribution in [-0.4, -0.2) is 28.5 Å². The molecule has 0 aliphatic heterocycles. The SMILES string of the molecule is Cc1nc(OCc2ccc(F)cc2F)c(Br)c(=O)n1Cc1cccc(C(=O)NCCN)c1. The Balaban J connectivity index is 1.80. The number of amides is 1. The summed E-state index contributed by atoms with van der Waals surface area (Å²) in [6, 6.07) is 10.0. The molecular weight excluding hydrogens is 486 g/mol. The molecule has 1 amide bonds. The van der Waals surface area contributed by atoms with Crippen LogP contribution in [0.25, 0.3) is 0 Å². The van der Waals surface area contributed by atoms with Crippen LogP contribution in [0, 0.1) is 18.6 Å². The number of aromatic nitrogens is 2. The lowest BCUT2D eigenvalue weighted by molar-refractivity contribution is 0.0954. The van der Waals surface area contributed by atoms with Crippen molar-refractivity contribution in [3.05, 3.63) is 91.4 Å². The third-order valence-electron chi connectivity index (χ3n) is 4.61. The van der Waals surface area contributed by atoms with Crippen molar-refractivity contribution < 1.29 is 18.3 Å². The van der Waals surface area contributed by atoms with Crippen LogP contribution in [0.15, 0.2) is 51.7 Å². The van der Waals surface area contributed by atoms with E-state index < -0.39 is 17.2 Å². The van der Waals surface area contributed by atoms with Gasteiger partial charge in [-0.2, -0.15) is 4.98 Å². The van der Waals surface area contributed by atoms with E-state index in [9.17, 15) is 18.4 Å². The van der Waals surface area contributed by atoms with E-state index in [0.29, 0.717) is 24.5 Å². The van der Waals surface area contributed by atoms with Gasteiger partial charge in [0.1, 0.15) is 28.5 Å². The first-order valence-corrected chi connectivity index (χ1v) is 10.5. The number of nitrogens with one attached hydrogen (secondary N) is 1. The number of benzene rings is 2. The fraction of sp³-hybridized carbons (Fsp3) is 0.227. The van der Waals surface area contributed by atoms with E-state index in [2.05, 4.69) is 26.2 Å². The second kappa shape index (κ2) is 10.5. The largest absolute Gasteiger partial charge is 0.472 e. The van der Waals surface area contributed by atoms with Crippen molar-refractivity contribution in [3.63, 3.8) is 0 Å². The zero-order valence-corrected chi connectivity index (χ0v) is 18.8. The molecule has 0 saturated carbocycles. The molecule has 10 heteroatoms. The number of halogens is 3. The van der Waals surface area contributed by atoms with Crippen LogP contribution in [0.3, 0.4) is 0 Å². The Morgan fingerprint density at radius 2 is 2.03 bits per heavy atom. The number of carbonyl (C=O) groups is 1. The average Bonchev–Trinajstić information content (AvgIpc) is 2.77. The number of hydrogen-bond donors (Lipinski definition) is 2. The van der Waals surface area contributed by atoms with Crippen molar-refractivity contribution in [1.29, 1.82) is 0 Å². The summed E-state index contributed by atoms with van der Waals surface area (Å²) in [6.45, 7) is 2.29. The van der Waals surface area contributed by atoms with Crippen molar-refractivity contribution in [2.75, 3.05) is 13.1 Å². The van der Waals surface area contributed by atoms with Crippen molar-refractivity contribution in [3.8, 4) is 5.88 Å². The molecule has 0 aliphatic rings. The highest BCUT2D eigenvalue weighted by Gasteiger charge is 2.16. The highest BCUT2D eigenvalue weighted by molar-refractivity contribution is 9.10. The molecule has 1 aromatic heterocycles. The topological polar surface area (TPSA) is 99.2 Å². The third-order valence-corrected chi connectivity index (χ3v) is 5.29. The average molecular weight is 507 g/mol. The molecule has 7 nitrogen and oxygen atoms in total. The molecule has 3 N–H and O–H groups in total. The summed E-state index contributed by atoms with van der Waals surface area (Å²) < 4.78 is 33.9. The van der Waals surface area contributed by atoms with Crippen molar-refractivity contribution in [2.45, 2.75) is 20.1 Å². The fourth-order valence-corrected chi connectivity index (χ4v) is 3.38. The summed E-state index contributed by atoms with van der Waals surface area (Å²) in [4.78, 5) is 29.3. The molecule has 32 heavy (non-hydrogen) atoms. The monoisotopic (exact) mass is 506 g/mol. The number of rotatable bonds is 8. The van der Waals surface area contributed by atoms with Crippen LogP contribution < -0.4 is 21.3 Å². The maximum absolute atomic E-state index is 13.8. The Labute approximate surface area is 191 Å². The van der Waals surface area contributed by atoms with Gasteiger partial charge in [-0.1, -0.05) is 12.1 Å². The van der Waals surface area contributed by atoms with E-state index in [1.54, 1.807) is 31.2 Å². The maximum Gasteiger partial charge on any atom is 0.272 e. The van der Waals surface area contributed by atoms with Gasteiger partial charge in [-0.15, -0.1) is 0 Å². The maximum atomic E-state index is 13.8. The highest BCUT2D eigenvalue weighted by Crippen LogP contribution is 2.21. The lowest BCUT2D eigenvalue weighted by Gasteiger charge is -2.14. The van der Waals surface area contributed by atoms with E-state index in [1.165, 1.54) is 10.6 Å². The molecule has 0 radical (unpaired) electrons. The molecular formula is C22H21BrF2N4O3. The van der Waals surface area contributed by atoms with Crippen molar-refractivity contribution >= 4 is 21.8 Å². The molecule has 0 bridgehead atoms. The minimum atomic E-state index is -0.749. The van der Waals surface area contributed by atoms with E-state index in [4.69, 9.17) is 10.5 Å². The highest BCUT2D eigenvalue weighted by atomic mass is 79.9. The summed E-state index contributed by atoms with van der Waals surface area (Å²) >= 11 is 3.20. The first kappa shape index (κ1) is 23.6. The molecule has 1 heterocycles. The second-order valence-corrected chi connectivity index (χ2v) is 7.73. The van der Waals surface area contributed by atoms with Gasteiger partial charge in [0.15, 0.2) is 0 Å². The third kappa shape index (κ3) is 5.57. The first-order valence-electron chi connectivity index (χ1n) is 9.71. The van der Waals surface area contributed by atoms with E-state index in [0.717, 1.165) is 17.7 Å². The number of nitrogens with two attached hydrogens (primary N) is 1. The van der Waals surface area contributed by atoms with Crippen LogP contribution in [-0.2, 0) is 13.2 Å². The minimum absolute atomic E-state index is 0.00221. The Morgan fingerprint density at radius 3 is 2.75 bits per heavy atom. The number of hydrogen-bond acceptors (Lipinski definition) is 5. The lowest BCUT2D eigenvalue weighted by Crippen LogP contribution is -2.29. The molecule has 0 atom stereocenters. The summed E-state index contributed by atoms with van der Waals surface area (Å²) in [5, 5.41) is 2.70. The van der Waals surface area contributed by atoms with Gasteiger partial charge in [0.25, 0.3) is 11.5 Å². The smallest absolute Gasteiger partial charge is 0.272 e. The van der Waals surface area contributed by atoms with Crippen LogP contribution in [0.4, 0.5) is 8.78 Å². The van der Waals surface area contributed by atoms with Gasteiger partial charge in [-0.05, 0) is 52.7 Å². The van der Waals surface area contributed by atoms with E-state index >= 15 is 0 Å². The van der Waals surface area contributed by atoms with Gasteiger partial charge in [0.05, 0.1) is 6.54 Å². The number of carbonyl (C=O) groups excluding carboxylic acids is 1. The second-order valence-electron chi connectivity index (χ2n) is 6.94. The zero-order valence-electron chi connectivity index (χ0n) is 17.2. The summed E-state index contributed by atoms with van der Waals surface area (Å²) in [6.07, 6.45) is 0. The van der Waals surface area contributed by atoms with Gasteiger partial charge in [-0.3, -0.25) is 14.2 Å². The standard InChI is InChI=1S/C22H21BrF2N4O3/c1-13-28-21(32-12-16-5-6-17(24)10-18(16)25)19(23)22(31)29(13)11-14-3-2-4-15(9-14)20(30)27-8-7-26/h2-6,9-10H,7-8,11-12,26H2,1H3,(H,27,30). The summed E-state index contributed by atoms with van der Waals surface area (Å²) in [5.74, 6) is -1.32. The molecule has 168 valence electrons. The van der Waals surface area contributed by atoms with Gasteiger partial charge < -0.3 is 15.8 Å². The normalized spacial score (nSPS) is 10.8. The Bertz CT molecular complexity index is 1200. The summed E-state index contributed by atoms with van der Waals surface area (Å²) in [5.41, 5.74) is 6.32. The number of ether oxygens (including phenoxy) is 1. The molecule has 3 aromatic rings. The van der Waals surface area contributed by atoms with Crippen molar-refractivity contribution in [2.24, 2.45) is 5.73 Å². The minimum Gasteiger partial charge on any atom is -0.472 e. The molecule has 2 aromatic carbocycles. The Hall–Kier alpha value is -3.11. The first-order chi connectivity index (χ1) is 15.3. The van der Waals surface area contributed by atoms with Gasteiger partial charge >= 0.3 is 0 Å². The summed E-state index contributed by atoms with van der Waals surface area (Å²) in [7, 11) is 0. The lowest BCUT2D eigenvalue weighted by atomic mass is 10.1. The zero-order chi connectivity index (χ0) is 23.3. The van der Waals surface area contributed by atoms with Gasteiger partial charge in [0.2, 0.25) is 5.88 Å². The van der Waals surface area contributed by atoms with Crippen LogP contribution in [0.5, 0.6) is 5.88 Å². The Kier molecular flexibility index (Phi) is 7.70. The van der Waals surface area contributed by atoms with Gasteiger partial charge in [0, 0.05) is 30.3 Å². The Morgan fingerprint density at radius 1 is 1.25 bits per heavy atom. The molecule has 0 saturated heterocycles. The van der Waals surface area contributed by atoms with Gasteiger partial charge in [-0.25, -0.2) is 8.78 Å². The molecule has 0 fully saturated rings. The predicted molar refractivity (Wildman–Crippen MR) is 119 cm³/mol. The molecule has 0 aliphatic carbocycles. The number of aryl methyl sites for hydroxylation is 1. The van der Waals surface area contributed by atoms with Crippen LogP contribution >= 0.6 is 15.9 Å². The molecule has 3 rings (SSSR count). The number of nitrogens with zero attached hydrogens (tertiary/aromatic N) is 2. The fourth-order valence-electron chi connectivity index (χ4n) is 2.96.